The smallest absolute Gasteiger partial charge is 0.231 e. The monoisotopic (exact) mass is 350 g/mol. The number of amides is 1. The summed E-state index contributed by atoms with van der Waals surface area (Å²) >= 11 is 0. The van der Waals surface area contributed by atoms with Gasteiger partial charge in [0.05, 0.1) is 5.92 Å². The summed E-state index contributed by atoms with van der Waals surface area (Å²) in [5.74, 6) is -0.472. The van der Waals surface area contributed by atoms with Gasteiger partial charge in [-0.2, -0.15) is 0 Å². The van der Waals surface area contributed by atoms with Crippen molar-refractivity contribution in [1.29, 1.82) is 0 Å². The van der Waals surface area contributed by atoms with Gasteiger partial charge in [0.1, 0.15) is 12.0 Å². The van der Waals surface area contributed by atoms with E-state index in [1.807, 2.05) is 24.4 Å². The van der Waals surface area contributed by atoms with Crippen molar-refractivity contribution in [1.82, 2.24) is 9.97 Å². The van der Waals surface area contributed by atoms with Crippen LogP contribution in [0.25, 0.3) is 21.9 Å². The van der Waals surface area contributed by atoms with Gasteiger partial charge >= 0.3 is 0 Å². The molecular formula is C20H19FN4O. The number of nitrogens with one attached hydrogen (secondary N) is 1. The van der Waals surface area contributed by atoms with Crippen molar-refractivity contribution < 1.29 is 9.18 Å². The number of pyridine rings is 2. The highest BCUT2D eigenvalue weighted by atomic mass is 19.1. The van der Waals surface area contributed by atoms with Gasteiger partial charge in [-0.15, -0.1) is 0 Å². The number of aromatic nitrogens is 2. The van der Waals surface area contributed by atoms with Gasteiger partial charge in [-0.3, -0.25) is 9.78 Å². The molecule has 1 aromatic carbocycles. The van der Waals surface area contributed by atoms with E-state index in [4.69, 9.17) is 5.73 Å². The number of rotatable bonds is 4. The van der Waals surface area contributed by atoms with Crippen LogP contribution in [0.3, 0.4) is 0 Å². The lowest BCUT2D eigenvalue weighted by molar-refractivity contribution is -0.117. The van der Waals surface area contributed by atoms with E-state index in [2.05, 4.69) is 22.2 Å². The second kappa shape index (κ2) is 6.37. The van der Waals surface area contributed by atoms with Gasteiger partial charge in [-0.05, 0) is 53.6 Å². The molecule has 5 nitrogen and oxygen atoms in total. The van der Waals surface area contributed by atoms with Crippen LogP contribution in [-0.4, -0.2) is 22.0 Å². The molecule has 0 saturated heterocycles. The lowest BCUT2D eigenvalue weighted by Crippen LogP contribution is -2.15. The maximum atomic E-state index is 13.0. The molecule has 2 heterocycles. The van der Waals surface area contributed by atoms with Crippen molar-refractivity contribution in [2.45, 2.75) is 25.9 Å². The van der Waals surface area contributed by atoms with E-state index in [0.717, 1.165) is 28.3 Å². The van der Waals surface area contributed by atoms with Crippen LogP contribution in [0.4, 0.5) is 15.9 Å². The highest BCUT2D eigenvalue weighted by molar-refractivity contribution is 6.00. The zero-order valence-corrected chi connectivity index (χ0v) is 14.4. The number of anilines is 2. The minimum absolute atomic E-state index is 0.289. The molecule has 0 bridgehead atoms. The molecule has 26 heavy (non-hydrogen) atoms. The standard InChI is InChI=1S/C20H19FN4O/c1-2-11-3-4-23-9-15(11)12-5-13-7-19(24-10-16(13)18(22)6-12)25-20(26)14-8-17(14)21/h3-7,9-10,14,17H,2,8,22H2,1H3,(H,24,25,26). The summed E-state index contributed by atoms with van der Waals surface area (Å²) < 4.78 is 13.0. The minimum Gasteiger partial charge on any atom is -0.398 e. The molecule has 3 N–H and O–H groups in total. The van der Waals surface area contributed by atoms with Crippen LogP contribution >= 0.6 is 0 Å². The molecule has 4 rings (SSSR count). The number of benzene rings is 1. The number of carbonyl (C=O) groups is 1. The van der Waals surface area contributed by atoms with Gasteiger partial charge in [-0.1, -0.05) is 6.92 Å². The highest BCUT2D eigenvalue weighted by Crippen LogP contribution is 2.35. The van der Waals surface area contributed by atoms with E-state index in [9.17, 15) is 9.18 Å². The van der Waals surface area contributed by atoms with Gasteiger partial charge in [0.15, 0.2) is 0 Å². The van der Waals surface area contributed by atoms with Crippen LogP contribution in [-0.2, 0) is 11.2 Å². The van der Waals surface area contributed by atoms with Crippen LogP contribution in [0.1, 0.15) is 18.9 Å². The number of nitrogens with two attached hydrogens (primary N) is 1. The molecule has 0 aliphatic heterocycles. The Morgan fingerprint density at radius 3 is 2.88 bits per heavy atom. The largest absolute Gasteiger partial charge is 0.398 e. The first-order valence-electron chi connectivity index (χ1n) is 8.64. The highest BCUT2D eigenvalue weighted by Gasteiger charge is 2.43. The summed E-state index contributed by atoms with van der Waals surface area (Å²) in [7, 11) is 0. The first kappa shape index (κ1) is 16.4. The van der Waals surface area contributed by atoms with E-state index in [1.165, 1.54) is 5.56 Å². The number of fused-ring (bicyclic) bond motifs is 1. The van der Waals surface area contributed by atoms with E-state index in [0.29, 0.717) is 11.5 Å². The van der Waals surface area contributed by atoms with E-state index in [1.54, 1.807) is 18.5 Å². The molecule has 1 saturated carbocycles. The predicted molar refractivity (Wildman–Crippen MR) is 100 cm³/mol. The molecule has 1 aliphatic rings. The van der Waals surface area contributed by atoms with Gasteiger partial charge in [-0.25, -0.2) is 9.37 Å². The quantitative estimate of drug-likeness (QED) is 0.703. The minimum atomic E-state index is -1.03. The number of aryl methyl sites for hydroxylation is 1. The van der Waals surface area contributed by atoms with Crippen LogP contribution < -0.4 is 11.1 Å². The third kappa shape index (κ3) is 2.98. The van der Waals surface area contributed by atoms with Gasteiger partial charge < -0.3 is 11.1 Å². The molecule has 2 unspecified atom stereocenters. The number of nitrogen functional groups attached to an aromatic ring is 1. The van der Waals surface area contributed by atoms with Crippen molar-refractivity contribution in [3.63, 3.8) is 0 Å². The molecule has 1 aliphatic carbocycles. The summed E-state index contributed by atoms with van der Waals surface area (Å²) in [4.78, 5) is 20.4. The Kier molecular flexibility index (Phi) is 4.03. The lowest BCUT2D eigenvalue weighted by Gasteiger charge is -2.11. The molecule has 1 amide bonds. The Morgan fingerprint density at radius 1 is 1.35 bits per heavy atom. The predicted octanol–water partition coefficient (Wildman–Crippen LogP) is 3.74. The third-order valence-electron chi connectivity index (χ3n) is 4.77. The molecule has 3 aromatic rings. The molecule has 2 aromatic heterocycles. The van der Waals surface area contributed by atoms with Crippen LogP contribution in [0, 0.1) is 5.92 Å². The normalized spacial score (nSPS) is 18.7. The Bertz CT molecular complexity index is 1000. The fraction of sp³-hybridized carbons (Fsp3) is 0.250. The molecule has 0 spiro atoms. The second-order valence-electron chi connectivity index (χ2n) is 6.59. The number of hydrogen-bond donors (Lipinski definition) is 2. The molecular weight excluding hydrogens is 331 g/mol. The zero-order valence-electron chi connectivity index (χ0n) is 14.4. The maximum absolute atomic E-state index is 13.0. The van der Waals surface area contributed by atoms with Crippen molar-refractivity contribution in [2.24, 2.45) is 5.92 Å². The van der Waals surface area contributed by atoms with Crippen LogP contribution in [0.5, 0.6) is 0 Å². The number of halogens is 1. The topological polar surface area (TPSA) is 80.9 Å². The Hall–Kier alpha value is -3.02. The van der Waals surface area contributed by atoms with Crippen molar-refractivity contribution in [2.75, 3.05) is 11.1 Å². The summed E-state index contributed by atoms with van der Waals surface area (Å²) in [6.07, 6.45) is 5.39. The summed E-state index contributed by atoms with van der Waals surface area (Å²) in [5.41, 5.74) is 10.0. The zero-order chi connectivity index (χ0) is 18.3. The van der Waals surface area contributed by atoms with Crippen molar-refractivity contribution in [3.05, 3.63) is 48.4 Å². The number of alkyl halides is 1. The molecule has 1 fully saturated rings. The van der Waals surface area contributed by atoms with E-state index in [-0.39, 0.29) is 12.3 Å². The third-order valence-corrected chi connectivity index (χ3v) is 4.77. The number of nitrogens with zero attached hydrogens (tertiary/aromatic N) is 2. The first-order chi connectivity index (χ1) is 12.6. The number of hydrogen-bond acceptors (Lipinski definition) is 4. The van der Waals surface area contributed by atoms with Crippen molar-refractivity contribution >= 4 is 28.2 Å². The lowest BCUT2D eigenvalue weighted by atomic mass is 9.97. The molecule has 6 heteroatoms. The van der Waals surface area contributed by atoms with Gasteiger partial charge in [0, 0.05) is 35.2 Å². The Morgan fingerprint density at radius 2 is 2.15 bits per heavy atom. The summed E-state index contributed by atoms with van der Waals surface area (Å²) in [6, 6.07) is 7.69. The molecule has 132 valence electrons. The second-order valence-corrected chi connectivity index (χ2v) is 6.59. The molecule has 0 radical (unpaired) electrons. The average Bonchev–Trinajstić information content (AvgIpc) is 3.38. The van der Waals surface area contributed by atoms with Gasteiger partial charge in [0.25, 0.3) is 0 Å². The fourth-order valence-electron chi connectivity index (χ4n) is 3.16. The maximum Gasteiger partial charge on any atom is 0.231 e. The van der Waals surface area contributed by atoms with Crippen LogP contribution in [0.2, 0.25) is 0 Å². The summed E-state index contributed by atoms with van der Waals surface area (Å²) in [6.45, 7) is 2.09. The van der Waals surface area contributed by atoms with Crippen LogP contribution in [0.15, 0.2) is 42.9 Å². The summed E-state index contributed by atoms with van der Waals surface area (Å²) in [5, 5.41) is 4.36. The Balaban J connectivity index is 1.73. The fourth-order valence-corrected chi connectivity index (χ4v) is 3.16. The van der Waals surface area contributed by atoms with E-state index >= 15 is 0 Å². The van der Waals surface area contributed by atoms with Gasteiger partial charge in [0.2, 0.25) is 5.91 Å². The van der Waals surface area contributed by atoms with E-state index < -0.39 is 12.1 Å². The molecule has 2 atom stereocenters. The Labute approximate surface area is 150 Å². The van der Waals surface area contributed by atoms with Crippen molar-refractivity contribution in [3.8, 4) is 11.1 Å². The SMILES string of the molecule is CCc1ccncc1-c1cc(N)c2cnc(NC(=O)C3CC3F)cc2c1. The average molecular weight is 350 g/mol. The number of carbonyl (C=O) groups excluding carboxylic acids is 1. The first-order valence-corrected chi connectivity index (χ1v) is 8.64.